The van der Waals surface area contributed by atoms with E-state index >= 15 is 0 Å². The van der Waals surface area contributed by atoms with E-state index in [0.717, 1.165) is 0 Å². The number of hydrogen-bond donors (Lipinski definition) is 1. The lowest BCUT2D eigenvalue weighted by Crippen LogP contribution is -2.26. The largest absolute Gasteiger partial charge is 0.390 e. The van der Waals surface area contributed by atoms with Crippen LogP contribution >= 0.6 is 11.6 Å². The highest BCUT2D eigenvalue weighted by Crippen LogP contribution is 2.23. The van der Waals surface area contributed by atoms with E-state index in [1.165, 1.54) is 6.07 Å². The Hall–Kier alpha value is -0.600. The van der Waals surface area contributed by atoms with Crippen molar-refractivity contribution >= 4 is 11.6 Å². The summed E-state index contributed by atoms with van der Waals surface area (Å²) in [5.41, 5.74) is -0.407. The fraction of sp³-hybridized carbons (Fsp3) is 0.455. The molecule has 0 aliphatic heterocycles. The standard InChI is InChI=1S/C11H14ClFO/c1-3-11(2,14)7-8-5-4-6-9(12)10(8)13/h4-6,14H,3,7H2,1-2H3. The Morgan fingerprint density at radius 1 is 1.50 bits per heavy atom. The third kappa shape index (κ3) is 2.69. The molecule has 1 aromatic rings. The van der Waals surface area contributed by atoms with E-state index in [1.807, 2.05) is 6.92 Å². The normalized spacial score (nSPS) is 15.2. The summed E-state index contributed by atoms with van der Waals surface area (Å²) in [6, 6.07) is 4.83. The molecule has 0 fully saturated rings. The van der Waals surface area contributed by atoms with Crippen LogP contribution in [0.2, 0.25) is 5.02 Å². The summed E-state index contributed by atoms with van der Waals surface area (Å²) >= 11 is 5.63. The first kappa shape index (κ1) is 11.5. The topological polar surface area (TPSA) is 20.2 Å². The smallest absolute Gasteiger partial charge is 0.145 e. The van der Waals surface area contributed by atoms with E-state index in [0.29, 0.717) is 12.0 Å². The van der Waals surface area contributed by atoms with Gasteiger partial charge in [0.15, 0.2) is 0 Å². The lowest BCUT2D eigenvalue weighted by molar-refractivity contribution is 0.0556. The first-order valence-electron chi connectivity index (χ1n) is 4.61. The summed E-state index contributed by atoms with van der Waals surface area (Å²) in [6.07, 6.45) is 0.870. The van der Waals surface area contributed by atoms with E-state index in [4.69, 9.17) is 11.6 Å². The summed E-state index contributed by atoms with van der Waals surface area (Å²) in [5.74, 6) is -0.428. The molecule has 0 saturated carbocycles. The van der Waals surface area contributed by atoms with Crippen molar-refractivity contribution in [2.75, 3.05) is 0 Å². The third-order valence-corrected chi connectivity index (χ3v) is 2.66. The second kappa shape index (κ2) is 4.28. The fourth-order valence-electron chi connectivity index (χ4n) is 1.22. The summed E-state index contributed by atoms with van der Waals surface area (Å²) in [5, 5.41) is 9.89. The molecule has 0 amide bonds. The molecule has 0 aliphatic carbocycles. The summed E-state index contributed by atoms with van der Waals surface area (Å²) in [7, 11) is 0. The Balaban J connectivity index is 2.92. The van der Waals surface area contributed by atoms with Gasteiger partial charge in [-0.05, 0) is 25.0 Å². The van der Waals surface area contributed by atoms with E-state index < -0.39 is 11.4 Å². The number of hydrogen-bond acceptors (Lipinski definition) is 1. The Bertz CT molecular complexity index is 323. The molecule has 78 valence electrons. The molecule has 1 aromatic carbocycles. The van der Waals surface area contributed by atoms with Gasteiger partial charge in [-0.15, -0.1) is 0 Å². The molecule has 1 atom stereocenters. The molecule has 0 aromatic heterocycles. The van der Waals surface area contributed by atoms with Crippen LogP contribution in [0.4, 0.5) is 4.39 Å². The molecule has 14 heavy (non-hydrogen) atoms. The van der Waals surface area contributed by atoms with Gasteiger partial charge in [0.2, 0.25) is 0 Å². The minimum Gasteiger partial charge on any atom is -0.390 e. The molecule has 0 spiro atoms. The number of benzene rings is 1. The molecular weight excluding hydrogens is 203 g/mol. The van der Waals surface area contributed by atoms with Gasteiger partial charge >= 0.3 is 0 Å². The van der Waals surface area contributed by atoms with Gasteiger partial charge in [0.1, 0.15) is 5.82 Å². The van der Waals surface area contributed by atoms with Crippen LogP contribution in [0.3, 0.4) is 0 Å². The van der Waals surface area contributed by atoms with E-state index in [2.05, 4.69) is 0 Å². The maximum atomic E-state index is 13.4. The number of aliphatic hydroxyl groups is 1. The zero-order valence-electron chi connectivity index (χ0n) is 8.35. The molecule has 1 nitrogen and oxygen atoms in total. The highest BCUT2D eigenvalue weighted by atomic mass is 35.5. The maximum absolute atomic E-state index is 13.4. The molecule has 0 radical (unpaired) electrons. The average molecular weight is 217 g/mol. The zero-order valence-corrected chi connectivity index (χ0v) is 9.11. The first-order chi connectivity index (χ1) is 6.46. The summed E-state index contributed by atoms with van der Waals surface area (Å²) in [4.78, 5) is 0. The summed E-state index contributed by atoms with van der Waals surface area (Å²) < 4.78 is 13.4. The fourth-order valence-corrected chi connectivity index (χ4v) is 1.41. The molecule has 0 bridgehead atoms. The van der Waals surface area contributed by atoms with Crippen molar-refractivity contribution in [2.24, 2.45) is 0 Å². The van der Waals surface area contributed by atoms with Crippen molar-refractivity contribution in [3.05, 3.63) is 34.6 Å². The van der Waals surface area contributed by atoms with Crippen LogP contribution in [0, 0.1) is 5.82 Å². The molecular formula is C11H14ClFO. The molecule has 0 saturated heterocycles. The molecule has 1 unspecified atom stereocenters. The van der Waals surface area contributed by atoms with E-state index in [-0.39, 0.29) is 11.4 Å². The molecule has 0 heterocycles. The number of rotatable bonds is 3. The van der Waals surface area contributed by atoms with Crippen LogP contribution in [0.1, 0.15) is 25.8 Å². The van der Waals surface area contributed by atoms with Crippen LogP contribution in [0.25, 0.3) is 0 Å². The van der Waals surface area contributed by atoms with Gasteiger partial charge in [-0.2, -0.15) is 0 Å². The molecule has 1 rings (SSSR count). The number of halogens is 2. The summed E-state index contributed by atoms with van der Waals surface area (Å²) in [6.45, 7) is 3.55. The van der Waals surface area contributed by atoms with Crippen molar-refractivity contribution in [2.45, 2.75) is 32.3 Å². The minimum atomic E-state index is -0.870. The predicted octanol–water partition coefficient (Wildman–Crippen LogP) is 3.18. The molecule has 0 aliphatic rings. The van der Waals surface area contributed by atoms with Gasteiger partial charge in [0.25, 0.3) is 0 Å². The van der Waals surface area contributed by atoms with Crippen molar-refractivity contribution in [3.63, 3.8) is 0 Å². The van der Waals surface area contributed by atoms with Crippen molar-refractivity contribution in [1.82, 2.24) is 0 Å². The predicted molar refractivity (Wildman–Crippen MR) is 56.0 cm³/mol. The quantitative estimate of drug-likeness (QED) is 0.823. The van der Waals surface area contributed by atoms with Crippen molar-refractivity contribution < 1.29 is 9.50 Å². The van der Waals surface area contributed by atoms with Crippen LogP contribution in [0.5, 0.6) is 0 Å². The third-order valence-electron chi connectivity index (χ3n) is 2.36. The minimum absolute atomic E-state index is 0.106. The van der Waals surface area contributed by atoms with E-state index in [9.17, 15) is 9.50 Å². The van der Waals surface area contributed by atoms with Crippen LogP contribution in [-0.2, 0) is 6.42 Å². The van der Waals surface area contributed by atoms with Gasteiger partial charge in [0.05, 0.1) is 10.6 Å². The highest BCUT2D eigenvalue weighted by molar-refractivity contribution is 6.30. The van der Waals surface area contributed by atoms with Crippen LogP contribution in [0.15, 0.2) is 18.2 Å². The van der Waals surface area contributed by atoms with Gasteiger partial charge in [0, 0.05) is 6.42 Å². The SMILES string of the molecule is CCC(C)(O)Cc1cccc(Cl)c1F. The van der Waals surface area contributed by atoms with Gasteiger partial charge in [-0.3, -0.25) is 0 Å². The Morgan fingerprint density at radius 2 is 2.14 bits per heavy atom. The first-order valence-corrected chi connectivity index (χ1v) is 4.99. The van der Waals surface area contributed by atoms with Crippen LogP contribution < -0.4 is 0 Å². The van der Waals surface area contributed by atoms with Gasteiger partial charge in [-0.25, -0.2) is 4.39 Å². The zero-order chi connectivity index (χ0) is 10.8. The second-order valence-electron chi connectivity index (χ2n) is 3.74. The Labute approximate surface area is 88.5 Å². The van der Waals surface area contributed by atoms with Gasteiger partial charge < -0.3 is 5.11 Å². The molecule has 3 heteroatoms. The Morgan fingerprint density at radius 3 is 2.71 bits per heavy atom. The average Bonchev–Trinajstić information content (AvgIpc) is 2.13. The van der Waals surface area contributed by atoms with Crippen molar-refractivity contribution in [3.8, 4) is 0 Å². The molecule has 1 N–H and O–H groups in total. The maximum Gasteiger partial charge on any atom is 0.145 e. The van der Waals surface area contributed by atoms with Crippen LogP contribution in [-0.4, -0.2) is 10.7 Å². The monoisotopic (exact) mass is 216 g/mol. The van der Waals surface area contributed by atoms with E-state index in [1.54, 1.807) is 19.1 Å². The highest BCUT2D eigenvalue weighted by Gasteiger charge is 2.20. The van der Waals surface area contributed by atoms with Crippen molar-refractivity contribution in [1.29, 1.82) is 0 Å². The second-order valence-corrected chi connectivity index (χ2v) is 4.15. The lowest BCUT2D eigenvalue weighted by Gasteiger charge is -2.21. The van der Waals surface area contributed by atoms with Gasteiger partial charge in [-0.1, -0.05) is 30.7 Å². The Kier molecular flexibility index (Phi) is 3.51. The lowest BCUT2D eigenvalue weighted by atomic mass is 9.94.